The van der Waals surface area contributed by atoms with Gasteiger partial charge in [-0.25, -0.2) is 4.79 Å². The fourth-order valence-electron chi connectivity index (χ4n) is 2.06. The van der Waals surface area contributed by atoms with Gasteiger partial charge in [0.25, 0.3) is 0 Å². The minimum Gasteiger partial charge on any atom is -0.487 e. The molecule has 1 aromatic carbocycles. The zero-order chi connectivity index (χ0) is 13.8. The molecule has 2 rings (SSSR count). The van der Waals surface area contributed by atoms with E-state index in [9.17, 15) is 9.90 Å². The van der Waals surface area contributed by atoms with Crippen molar-refractivity contribution in [3.05, 3.63) is 29.8 Å². The third-order valence-electron chi connectivity index (χ3n) is 3.05. The number of aliphatic hydroxyl groups is 1. The van der Waals surface area contributed by atoms with Gasteiger partial charge < -0.3 is 14.6 Å². The molecule has 1 saturated heterocycles. The predicted molar refractivity (Wildman–Crippen MR) is 69.9 cm³/mol. The molecule has 0 aromatic heterocycles. The van der Waals surface area contributed by atoms with Crippen LogP contribution in [0.3, 0.4) is 0 Å². The van der Waals surface area contributed by atoms with Crippen molar-refractivity contribution in [2.45, 2.75) is 19.1 Å². The number of esters is 1. The number of benzene rings is 1. The summed E-state index contributed by atoms with van der Waals surface area (Å²) in [6.07, 6.45) is -1.19. The van der Waals surface area contributed by atoms with Gasteiger partial charge in [0.2, 0.25) is 0 Å². The molecule has 1 aliphatic rings. The number of hydrogen-bond donors (Lipinski definition) is 1. The van der Waals surface area contributed by atoms with Crippen LogP contribution in [0.1, 0.15) is 18.6 Å². The Morgan fingerprint density at radius 1 is 1.47 bits per heavy atom. The molecule has 0 aliphatic carbocycles. The SMILES string of the molecule is CCOC(=O)C(O)c1ccccc1OC1CN(C)C1. The Labute approximate surface area is 112 Å². The molecule has 1 aliphatic heterocycles. The van der Waals surface area contributed by atoms with Crippen molar-refractivity contribution >= 4 is 5.97 Å². The molecule has 104 valence electrons. The third-order valence-corrected chi connectivity index (χ3v) is 3.05. The summed E-state index contributed by atoms with van der Waals surface area (Å²) in [5, 5.41) is 9.99. The van der Waals surface area contributed by atoms with Crippen LogP contribution in [0.2, 0.25) is 0 Å². The van der Waals surface area contributed by atoms with Crippen molar-refractivity contribution in [1.29, 1.82) is 0 Å². The highest BCUT2D eigenvalue weighted by Crippen LogP contribution is 2.28. The summed E-state index contributed by atoms with van der Waals surface area (Å²) < 4.78 is 10.6. The molecule has 0 saturated carbocycles. The van der Waals surface area contributed by atoms with Crippen LogP contribution in [-0.2, 0) is 9.53 Å². The molecule has 19 heavy (non-hydrogen) atoms. The average molecular weight is 265 g/mol. The maximum atomic E-state index is 11.6. The number of aliphatic hydroxyl groups excluding tert-OH is 1. The van der Waals surface area contributed by atoms with Gasteiger partial charge in [-0.2, -0.15) is 0 Å². The lowest BCUT2D eigenvalue weighted by Crippen LogP contribution is -2.51. The lowest BCUT2D eigenvalue weighted by Gasteiger charge is -2.36. The number of rotatable bonds is 5. The first-order valence-electron chi connectivity index (χ1n) is 6.40. The first-order valence-corrected chi connectivity index (χ1v) is 6.40. The van der Waals surface area contributed by atoms with E-state index in [0.717, 1.165) is 13.1 Å². The first-order chi connectivity index (χ1) is 9.11. The molecule has 0 bridgehead atoms. The lowest BCUT2D eigenvalue weighted by molar-refractivity contribution is -0.153. The number of nitrogens with zero attached hydrogens (tertiary/aromatic N) is 1. The van der Waals surface area contributed by atoms with Crippen molar-refractivity contribution in [3.63, 3.8) is 0 Å². The van der Waals surface area contributed by atoms with E-state index in [1.54, 1.807) is 25.1 Å². The molecular formula is C14H19NO4. The minimum atomic E-state index is -1.30. The standard InChI is InChI=1S/C14H19NO4/c1-3-18-14(17)13(16)11-6-4-5-7-12(11)19-10-8-15(2)9-10/h4-7,10,13,16H,3,8-9H2,1-2H3. The summed E-state index contributed by atoms with van der Waals surface area (Å²) in [5.74, 6) is -0.106. The van der Waals surface area contributed by atoms with E-state index < -0.39 is 12.1 Å². The van der Waals surface area contributed by atoms with E-state index in [1.165, 1.54) is 0 Å². The van der Waals surface area contributed by atoms with Crippen LogP contribution in [0.25, 0.3) is 0 Å². The number of ether oxygens (including phenoxy) is 2. The number of likely N-dealkylation sites (N-methyl/N-ethyl adjacent to an activating group) is 1. The average Bonchev–Trinajstić information content (AvgIpc) is 2.37. The Hall–Kier alpha value is -1.59. The smallest absolute Gasteiger partial charge is 0.339 e. The summed E-state index contributed by atoms with van der Waals surface area (Å²) in [5.41, 5.74) is 0.454. The molecule has 1 fully saturated rings. The van der Waals surface area contributed by atoms with Crippen LogP contribution in [0.4, 0.5) is 0 Å². The molecule has 5 heteroatoms. The highest BCUT2D eigenvalue weighted by atomic mass is 16.5. The predicted octanol–water partition coefficient (Wildman–Crippen LogP) is 0.976. The Bertz CT molecular complexity index is 443. The Morgan fingerprint density at radius 2 is 2.16 bits per heavy atom. The Balaban J connectivity index is 2.09. The molecule has 0 spiro atoms. The van der Waals surface area contributed by atoms with E-state index in [1.807, 2.05) is 13.1 Å². The van der Waals surface area contributed by atoms with Gasteiger partial charge in [-0.3, -0.25) is 4.90 Å². The lowest BCUT2D eigenvalue weighted by atomic mass is 10.1. The fraction of sp³-hybridized carbons (Fsp3) is 0.500. The second-order valence-corrected chi connectivity index (χ2v) is 4.65. The van der Waals surface area contributed by atoms with E-state index in [-0.39, 0.29) is 12.7 Å². The monoisotopic (exact) mass is 265 g/mol. The highest BCUT2D eigenvalue weighted by Gasteiger charge is 2.28. The molecule has 0 radical (unpaired) electrons. The van der Waals surface area contributed by atoms with Crippen LogP contribution < -0.4 is 4.74 Å². The van der Waals surface area contributed by atoms with E-state index >= 15 is 0 Å². The molecular weight excluding hydrogens is 246 g/mol. The van der Waals surface area contributed by atoms with Gasteiger partial charge in [0, 0.05) is 18.7 Å². The zero-order valence-corrected chi connectivity index (χ0v) is 11.2. The van der Waals surface area contributed by atoms with E-state index in [2.05, 4.69) is 4.90 Å². The highest BCUT2D eigenvalue weighted by molar-refractivity contribution is 5.77. The summed E-state index contributed by atoms with van der Waals surface area (Å²) in [6, 6.07) is 7.02. The van der Waals surface area contributed by atoms with Gasteiger partial charge in [0.15, 0.2) is 6.10 Å². The van der Waals surface area contributed by atoms with Gasteiger partial charge in [0.1, 0.15) is 11.9 Å². The summed E-state index contributed by atoms with van der Waals surface area (Å²) in [7, 11) is 2.01. The van der Waals surface area contributed by atoms with Crippen molar-refractivity contribution in [1.82, 2.24) is 4.90 Å². The van der Waals surface area contributed by atoms with Gasteiger partial charge in [-0.1, -0.05) is 18.2 Å². The molecule has 1 N–H and O–H groups in total. The molecule has 5 nitrogen and oxygen atoms in total. The molecule has 1 unspecified atom stereocenters. The first kappa shape index (κ1) is 13.8. The number of hydrogen-bond acceptors (Lipinski definition) is 5. The van der Waals surface area contributed by atoms with E-state index in [4.69, 9.17) is 9.47 Å². The van der Waals surface area contributed by atoms with Gasteiger partial charge in [-0.15, -0.1) is 0 Å². The van der Waals surface area contributed by atoms with Crippen molar-refractivity contribution < 1.29 is 19.4 Å². The topological polar surface area (TPSA) is 59.0 Å². The van der Waals surface area contributed by atoms with Crippen molar-refractivity contribution in [2.75, 3.05) is 26.7 Å². The summed E-state index contributed by atoms with van der Waals surface area (Å²) in [6.45, 7) is 3.65. The fourth-order valence-corrected chi connectivity index (χ4v) is 2.06. The Kier molecular flexibility index (Phi) is 4.39. The number of likely N-dealkylation sites (tertiary alicyclic amines) is 1. The molecule has 1 aromatic rings. The maximum absolute atomic E-state index is 11.6. The zero-order valence-electron chi connectivity index (χ0n) is 11.2. The molecule has 0 amide bonds. The van der Waals surface area contributed by atoms with Crippen LogP contribution in [0.5, 0.6) is 5.75 Å². The van der Waals surface area contributed by atoms with Gasteiger partial charge in [0.05, 0.1) is 6.61 Å². The largest absolute Gasteiger partial charge is 0.487 e. The number of para-hydroxylation sites is 1. The van der Waals surface area contributed by atoms with Crippen molar-refractivity contribution in [2.24, 2.45) is 0 Å². The second-order valence-electron chi connectivity index (χ2n) is 4.65. The third kappa shape index (κ3) is 3.24. The van der Waals surface area contributed by atoms with Crippen molar-refractivity contribution in [3.8, 4) is 5.75 Å². The van der Waals surface area contributed by atoms with Crippen LogP contribution in [-0.4, -0.2) is 48.8 Å². The van der Waals surface area contributed by atoms with Gasteiger partial charge in [-0.05, 0) is 20.0 Å². The number of carbonyl (C=O) groups excluding carboxylic acids is 1. The molecule has 1 heterocycles. The van der Waals surface area contributed by atoms with Crippen LogP contribution in [0.15, 0.2) is 24.3 Å². The summed E-state index contributed by atoms with van der Waals surface area (Å²) >= 11 is 0. The van der Waals surface area contributed by atoms with E-state index in [0.29, 0.717) is 11.3 Å². The normalized spacial score (nSPS) is 17.6. The number of carbonyl (C=O) groups is 1. The Morgan fingerprint density at radius 3 is 2.79 bits per heavy atom. The quantitative estimate of drug-likeness (QED) is 0.804. The van der Waals surface area contributed by atoms with Crippen LogP contribution >= 0.6 is 0 Å². The van der Waals surface area contributed by atoms with Crippen LogP contribution in [0, 0.1) is 0 Å². The summed E-state index contributed by atoms with van der Waals surface area (Å²) in [4.78, 5) is 13.7. The second kappa shape index (κ2) is 6.04. The minimum absolute atomic E-state index is 0.112. The maximum Gasteiger partial charge on any atom is 0.339 e. The molecule has 1 atom stereocenters. The van der Waals surface area contributed by atoms with Gasteiger partial charge >= 0.3 is 5.97 Å².